The Kier molecular flexibility index (Phi) is 4.79. The van der Waals surface area contributed by atoms with Gasteiger partial charge in [0.25, 0.3) is 0 Å². The lowest BCUT2D eigenvalue weighted by atomic mass is 10.4. The molecule has 0 aromatic carbocycles. The summed E-state index contributed by atoms with van der Waals surface area (Å²) in [4.78, 5) is 4.33. The Bertz CT molecular complexity index is 145. The first-order valence-corrected chi connectivity index (χ1v) is 3.67. The summed E-state index contributed by atoms with van der Waals surface area (Å²) >= 11 is 0. The lowest BCUT2D eigenvalue weighted by Gasteiger charge is -2.16. The maximum Gasteiger partial charge on any atom is 0.0935 e. The van der Waals surface area contributed by atoms with E-state index in [0.717, 1.165) is 13.2 Å². The molecule has 0 saturated heterocycles. The number of hydrogen-bond acceptors (Lipinski definition) is 2. The van der Waals surface area contributed by atoms with Crippen molar-refractivity contribution in [3.63, 3.8) is 0 Å². The Morgan fingerprint density at radius 1 is 1.55 bits per heavy atom. The van der Waals surface area contributed by atoms with Crippen molar-refractivity contribution in [2.24, 2.45) is 0 Å². The third-order valence-corrected chi connectivity index (χ3v) is 1.56. The van der Waals surface area contributed by atoms with Crippen molar-refractivity contribution in [3.8, 4) is 0 Å². The zero-order valence-corrected chi connectivity index (χ0v) is 7.68. The minimum Gasteiger partial charge on any atom is -0.358 e. The Morgan fingerprint density at radius 2 is 2.27 bits per heavy atom. The highest BCUT2D eigenvalue weighted by atomic mass is 35.5. The van der Waals surface area contributed by atoms with Crippen LogP contribution in [0.3, 0.4) is 0 Å². The van der Waals surface area contributed by atoms with E-state index in [2.05, 4.69) is 29.5 Å². The molecule has 0 N–H and O–H groups in total. The van der Waals surface area contributed by atoms with E-state index in [0.29, 0.717) is 0 Å². The van der Waals surface area contributed by atoms with E-state index in [9.17, 15) is 0 Å². The molecule has 0 saturated carbocycles. The Hall–Kier alpha value is -0.630. The average molecular weight is 175 g/mol. The molecule has 0 unspecified atom stereocenters. The normalized spacial score (nSPS) is 15.0. The summed E-state index contributed by atoms with van der Waals surface area (Å²) in [5.41, 5.74) is 0. The fraction of sp³-hybridized carbons (Fsp3) is 0.500. The lowest BCUT2D eigenvalue weighted by Crippen LogP contribution is -2.22. The molecule has 64 valence electrons. The summed E-state index contributed by atoms with van der Waals surface area (Å²) in [5, 5.41) is 0. The quantitative estimate of drug-likeness (QED) is 0.646. The molecule has 0 spiro atoms. The largest absolute Gasteiger partial charge is 0.358 e. The third kappa shape index (κ3) is 2.85. The molecule has 0 bridgehead atoms. The molecular weight excluding hydrogens is 160 g/mol. The SMILES string of the molecule is C=CN1C=CN(CCC)C1.Cl. The van der Waals surface area contributed by atoms with Crippen molar-refractivity contribution in [3.05, 3.63) is 25.2 Å². The Morgan fingerprint density at radius 3 is 2.73 bits per heavy atom. The molecule has 1 aliphatic rings. The summed E-state index contributed by atoms with van der Waals surface area (Å²) in [5.74, 6) is 0. The van der Waals surface area contributed by atoms with Crippen LogP contribution < -0.4 is 0 Å². The van der Waals surface area contributed by atoms with Crippen LogP contribution in [0.5, 0.6) is 0 Å². The van der Waals surface area contributed by atoms with Gasteiger partial charge >= 0.3 is 0 Å². The van der Waals surface area contributed by atoms with Crippen LogP contribution in [0.25, 0.3) is 0 Å². The highest BCUT2D eigenvalue weighted by molar-refractivity contribution is 5.85. The van der Waals surface area contributed by atoms with Crippen LogP contribution in [0, 0.1) is 0 Å². The maximum absolute atomic E-state index is 3.69. The van der Waals surface area contributed by atoms with Crippen molar-refractivity contribution in [1.29, 1.82) is 0 Å². The van der Waals surface area contributed by atoms with Gasteiger partial charge in [0.15, 0.2) is 0 Å². The number of hydrogen-bond donors (Lipinski definition) is 0. The van der Waals surface area contributed by atoms with E-state index in [-0.39, 0.29) is 12.4 Å². The molecule has 0 radical (unpaired) electrons. The van der Waals surface area contributed by atoms with Gasteiger partial charge in [0, 0.05) is 18.9 Å². The molecule has 1 rings (SSSR count). The first kappa shape index (κ1) is 10.4. The van der Waals surface area contributed by atoms with Crippen LogP contribution in [-0.4, -0.2) is 23.0 Å². The fourth-order valence-electron chi connectivity index (χ4n) is 1.03. The van der Waals surface area contributed by atoms with E-state index in [1.165, 1.54) is 6.42 Å². The molecule has 3 heteroatoms. The predicted molar refractivity (Wildman–Crippen MR) is 50.3 cm³/mol. The summed E-state index contributed by atoms with van der Waals surface area (Å²) in [6.45, 7) is 7.98. The van der Waals surface area contributed by atoms with Crippen molar-refractivity contribution >= 4 is 12.4 Å². The van der Waals surface area contributed by atoms with Gasteiger partial charge in [-0.15, -0.1) is 12.4 Å². The monoisotopic (exact) mass is 174 g/mol. The molecule has 0 aromatic rings. The van der Waals surface area contributed by atoms with Gasteiger partial charge in [-0.3, -0.25) is 0 Å². The van der Waals surface area contributed by atoms with Crippen molar-refractivity contribution < 1.29 is 0 Å². The Balaban J connectivity index is 0.000001000. The molecule has 0 aromatic heterocycles. The molecule has 2 nitrogen and oxygen atoms in total. The first-order chi connectivity index (χ1) is 4.86. The molecule has 0 fully saturated rings. The molecule has 0 amide bonds. The number of nitrogens with zero attached hydrogens (tertiary/aromatic N) is 2. The van der Waals surface area contributed by atoms with Crippen molar-refractivity contribution in [1.82, 2.24) is 9.80 Å². The second kappa shape index (κ2) is 5.08. The van der Waals surface area contributed by atoms with Crippen LogP contribution in [0.2, 0.25) is 0 Å². The van der Waals surface area contributed by atoms with Crippen molar-refractivity contribution in [2.45, 2.75) is 13.3 Å². The highest BCUT2D eigenvalue weighted by Crippen LogP contribution is 2.05. The number of rotatable bonds is 3. The lowest BCUT2D eigenvalue weighted by molar-refractivity contribution is 0.315. The molecular formula is C8H15ClN2. The van der Waals surface area contributed by atoms with Gasteiger partial charge in [0.1, 0.15) is 0 Å². The molecule has 11 heavy (non-hydrogen) atoms. The molecule has 1 aliphatic heterocycles. The van der Waals surface area contributed by atoms with E-state index >= 15 is 0 Å². The van der Waals surface area contributed by atoms with Gasteiger partial charge < -0.3 is 9.80 Å². The predicted octanol–water partition coefficient (Wildman–Crippen LogP) is 2.01. The molecule has 0 aliphatic carbocycles. The summed E-state index contributed by atoms with van der Waals surface area (Å²) in [6.07, 6.45) is 7.19. The summed E-state index contributed by atoms with van der Waals surface area (Å²) < 4.78 is 0. The zero-order chi connectivity index (χ0) is 7.40. The molecule has 1 heterocycles. The fourth-order valence-corrected chi connectivity index (χ4v) is 1.03. The minimum absolute atomic E-state index is 0. The van der Waals surface area contributed by atoms with Crippen LogP contribution in [0.4, 0.5) is 0 Å². The smallest absolute Gasteiger partial charge is 0.0935 e. The van der Waals surface area contributed by atoms with Gasteiger partial charge in [0.05, 0.1) is 6.67 Å². The summed E-state index contributed by atoms with van der Waals surface area (Å²) in [7, 11) is 0. The first-order valence-electron chi connectivity index (χ1n) is 3.67. The Labute approximate surface area is 74.6 Å². The van der Waals surface area contributed by atoms with Crippen LogP contribution in [-0.2, 0) is 0 Å². The number of halogens is 1. The van der Waals surface area contributed by atoms with Gasteiger partial charge in [0.2, 0.25) is 0 Å². The van der Waals surface area contributed by atoms with Crippen LogP contribution in [0.15, 0.2) is 25.2 Å². The van der Waals surface area contributed by atoms with E-state index in [1.54, 1.807) is 0 Å². The van der Waals surface area contributed by atoms with E-state index < -0.39 is 0 Å². The molecule has 0 atom stereocenters. The highest BCUT2D eigenvalue weighted by Gasteiger charge is 2.06. The third-order valence-electron chi connectivity index (χ3n) is 1.56. The van der Waals surface area contributed by atoms with Crippen molar-refractivity contribution in [2.75, 3.05) is 13.2 Å². The van der Waals surface area contributed by atoms with E-state index in [1.807, 2.05) is 12.4 Å². The second-order valence-corrected chi connectivity index (χ2v) is 2.45. The zero-order valence-electron chi connectivity index (χ0n) is 6.86. The minimum atomic E-state index is 0. The van der Waals surface area contributed by atoms with Gasteiger partial charge in [-0.25, -0.2) is 0 Å². The maximum atomic E-state index is 3.69. The van der Waals surface area contributed by atoms with Gasteiger partial charge in [-0.1, -0.05) is 13.5 Å². The van der Waals surface area contributed by atoms with E-state index in [4.69, 9.17) is 0 Å². The van der Waals surface area contributed by atoms with Gasteiger partial charge in [-0.2, -0.15) is 0 Å². The van der Waals surface area contributed by atoms with Crippen LogP contribution >= 0.6 is 12.4 Å². The average Bonchev–Trinajstić information content (AvgIpc) is 2.37. The standard InChI is InChI=1S/C8H14N2.ClH/c1-3-5-10-7-6-9(4-2)8-10;/h4,6-7H,2-3,5,8H2,1H3;1H. The van der Waals surface area contributed by atoms with Crippen LogP contribution in [0.1, 0.15) is 13.3 Å². The van der Waals surface area contributed by atoms with Gasteiger partial charge in [-0.05, 0) is 12.6 Å². The second-order valence-electron chi connectivity index (χ2n) is 2.45. The topological polar surface area (TPSA) is 6.48 Å². The summed E-state index contributed by atoms with van der Waals surface area (Å²) in [6, 6.07) is 0.